The van der Waals surface area contributed by atoms with Gasteiger partial charge in [-0.1, -0.05) is 23.2 Å². The second-order valence-electron chi connectivity index (χ2n) is 5.05. The van der Waals surface area contributed by atoms with E-state index in [0.29, 0.717) is 16.6 Å². The Morgan fingerprint density at radius 3 is 2.79 bits per heavy atom. The zero-order valence-electron chi connectivity index (χ0n) is 10.8. The Bertz CT molecular complexity index is 605. The van der Waals surface area contributed by atoms with E-state index in [-0.39, 0.29) is 6.61 Å². The predicted octanol–water partition coefficient (Wildman–Crippen LogP) is 2.99. The average molecular weight is 278 g/mol. The van der Waals surface area contributed by atoms with E-state index in [1.165, 1.54) is 6.42 Å². The molecule has 1 aromatic heterocycles. The van der Waals surface area contributed by atoms with Crippen LogP contribution in [-0.4, -0.2) is 20.1 Å². The smallest absolute Gasteiger partial charge is 0.112 e. The molecule has 4 nitrogen and oxygen atoms in total. The minimum absolute atomic E-state index is 0.0571. The van der Waals surface area contributed by atoms with Gasteiger partial charge in [-0.2, -0.15) is 0 Å². The molecule has 1 aliphatic rings. The lowest BCUT2D eigenvalue weighted by molar-refractivity contribution is 0.272. The van der Waals surface area contributed by atoms with Crippen LogP contribution in [0.3, 0.4) is 0 Å². The molecule has 0 amide bonds. The fourth-order valence-electron chi connectivity index (χ4n) is 2.56. The van der Waals surface area contributed by atoms with Crippen LogP contribution in [0, 0.1) is 6.92 Å². The Morgan fingerprint density at radius 1 is 1.42 bits per heavy atom. The van der Waals surface area contributed by atoms with E-state index < -0.39 is 0 Å². The van der Waals surface area contributed by atoms with Crippen LogP contribution < -0.4 is 0 Å². The van der Waals surface area contributed by atoms with Gasteiger partial charge in [0.2, 0.25) is 0 Å². The third-order valence-corrected chi connectivity index (χ3v) is 4.04. The fourth-order valence-corrected chi connectivity index (χ4v) is 2.78. The summed E-state index contributed by atoms with van der Waals surface area (Å²) in [5, 5.41) is 18.5. The first-order valence-corrected chi connectivity index (χ1v) is 6.90. The van der Waals surface area contributed by atoms with E-state index in [1.807, 2.05) is 29.8 Å². The number of hydrogen-bond acceptors (Lipinski definition) is 3. The van der Waals surface area contributed by atoms with Crippen LogP contribution in [0.5, 0.6) is 0 Å². The average Bonchev–Trinajstić information content (AvgIpc) is 2.71. The minimum atomic E-state index is -0.0571. The van der Waals surface area contributed by atoms with Crippen LogP contribution in [0.4, 0.5) is 0 Å². The molecule has 0 saturated heterocycles. The summed E-state index contributed by atoms with van der Waals surface area (Å²) in [5.74, 6) is 0.465. The lowest BCUT2D eigenvalue weighted by atomic mass is 9.82. The van der Waals surface area contributed by atoms with Crippen molar-refractivity contribution >= 4 is 11.6 Å². The number of hydrogen-bond donors (Lipinski definition) is 1. The van der Waals surface area contributed by atoms with E-state index >= 15 is 0 Å². The van der Waals surface area contributed by atoms with E-state index in [4.69, 9.17) is 11.6 Å². The molecule has 1 aliphatic carbocycles. The molecule has 0 spiro atoms. The molecule has 19 heavy (non-hydrogen) atoms. The van der Waals surface area contributed by atoms with Gasteiger partial charge < -0.3 is 5.11 Å². The highest BCUT2D eigenvalue weighted by atomic mass is 35.5. The topological polar surface area (TPSA) is 50.9 Å². The Kier molecular flexibility index (Phi) is 3.29. The van der Waals surface area contributed by atoms with Crippen molar-refractivity contribution in [1.29, 1.82) is 0 Å². The van der Waals surface area contributed by atoms with Crippen LogP contribution in [0.15, 0.2) is 18.2 Å². The molecule has 2 aromatic rings. The second-order valence-corrected chi connectivity index (χ2v) is 5.49. The Labute approximate surface area is 117 Å². The number of aryl methyl sites for hydroxylation is 1. The monoisotopic (exact) mass is 277 g/mol. The summed E-state index contributed by atoms with van der Waals surface area (Å²) in [6.45, 7) is 1.95. The van der Waals surface area contributed by atoms with Crippen molar-refractivity contribution in [1.82, 2.24) is 15.0 Å². The fraction of sp³-hybridized carbons (Fsp3) is 0.429. The standard InChI is InChI=1S/C14H16ClN3O/c1-9-7-11(15)5-6-13(9)18-14(10-3-2-4-10)12(8-19)16-17-18/h5-7,10,19H,2-4,8H2,1H3. The molecule has 1 saturated carbocycles. The van der Waals surface area contributed by atoms with Gasteiger partial charge >= 0.3 is 0 Å². The largest absolute Gasteiger partial charge is 0.390 e. The number of benzene rings is 1. The minimum Gasteiger partial charge on any atom is -0.390 e. The molecule has 1 N–H and O–H groups in total. The van der Waals surface area contributed by atoms with Crippen LogP contribution in [0.1, 0.15) is 42.1 Å². The highest BCUT2D eigenvalue weighted by Crippen LogP contribution is 2.38. The molecule has 1 fully saturated rings. The van der Waals surface area contributed by atoms with Gasteiger partial charge in [0, 0.05) is 10.9 Å². The second kappa shape index (κ2) is 4.94. The molecule has 0 unspecified atom stereocenters. The van der Waals surface area contributed by atoms with E-state index in [9.17, 15) is 5.11 Å². The number of halogens is 1. The third-order valence-electron chi connectivity index (χ3n) is 3.81. The summed E-state index contributed by atoms with van der Waals surface area (Å²) < 4.78 is 1.86. The third kappa shape index (κ3) is 2.15. The molecular weight excluding hydrogens is 262 g/mol. The summed E-state index contributed by atoms with van der Waals surface area (Å²) in [5.41, 5.74) is 3.79. The van der Waals surface area contributed by atoms with Crippen molar-refractivity contribution in [2.75, 3.05) is 0 Å². The van der Waals surface area contributed by atoms with Gasteiger partial charge in [-0.05, 0) is 43.5 Å². The summed E-state index contributed by atoms with van der Waals surface area (Å²) in [6, 6.07) is 5.73. The Morgan fingerprint density at radius 2 is 2.21 bits per heavy atom. The summed E-state index contributed by atoms with van der Waals surface area (Å²) in [7, 11) is 0. The maximum atomic E-state index is 9.42. The van der Waals surface area contributed by atoms with Crippen molar-refractivity contribution in [3.63, 3.8) is 0 Å². The number of rotatable bonds is 3. The van der Waals surface area contributed by atoms with Gasteiger partial charge in [0.15, 0.2) is 0 Å². The zero-order valence-corrected chi connectivity index (χ0v) is 11.6. The number of aliphatic hydroxyl groups excluding tert-OH is 1. The molecule has 1 heterocycles. The summed E-state index contributed by atoms with van der Waals surface area (Å²) in [6.07, 6.45) is 3.53. The highest BCUT2D eigenvalue weighted by molar-refractivity contribution is 6.30. The van der Waals surface area contributed by atoms with Gasteiger partial charge in [-0.25, -0.2) is 4.68 Å². The van der Waals surface area contributed by atoms with Gasteiger partial charge in [0.1, 0.15) is 5.69 Å². The van der Waals surface area contributed by atoms with Crippen LogP contribution in [0.25, 0.3) is 5.69 Å². The highest BCUT2D eigenvalue weighted by Gasteiger charge is 2.28. The SMILES string of the molecule is Cc1cc(Cl)ccc1-n1nnc(CO)c1C1CCC1. The molecule has 3 rings (SSSR count). The first-order valence-electron chi connectivity index (χ1n) is 6.52. The molecular formula is C14H16ClN3O. The number of nitrogens with zero attached hydrogens (tertiary/aromatic N) is 3. The first kappa shape index (κ1) is 12.6. The van der Waals surface area contributed by atoms with E-state index in [0.717, 1.165) is 29.8 Å². The van der Waals surface area contributed by atoms with Gasteiger partial charge in [0.25, 0.3) is 0 Å². The molecule has 5 heteroatoms. The van der Waals surface area contributed by atoms with Crippen molar-refractivity contribution in [2.45, 2.75) is 38.7 Å². The van der Waals surface area contributed by atoms with Gasteiger partial charge in [-0.3, -0.25) is 0 Å². The van der Waals surface area contributed by atoms with E-state index in [2.05, 4.69) is 10.3 Å². The maximum absolute atomic E-state index is 9.42. The maximum Gasteiger partial charge on any atom is 0.112 e. The number of aromatic nitrogens is 3. The molecule has 0 radical (unpaired) electrons. The lowest BCUT2D eigenvalue weighted by Gasteiger charge is -2.26. The number of aliphatic hydroxyl groups is 1. The van der Waals surface area contributed by atoms with Crippen LogP contribution in [-0.2, 0) is 6.61 Å². The lowest BCUT2D eigenvalue weighted by Crippen LogP contribution is -2.16. The van der Waals surface area contributed by atoms with Gasteiger partial charge in [0.05, 0.1) is 18.0 Å². The van der Waals surface area contributed by atoms with E-state index in [1.54, 1.807) is 0 Å². The summed E-state index contributed by atoms with van der Waals surface area (Å²) in [4.78, 5) is 0. The molecule has 100 valence electrons. The zero-order chi connectivity index (χ0) is 13.4. The van der Waals surface area contributed by atoms with Crippen molar-refractivity contribution < 1.29 is 5.11 Å². The molecule has 0 aliphatic heterocycles. The van der Waals surface area contributed by atoms with Crippen LogP contribution >= 0.6 is 11.6 Å². The predicted molar refractivity (Wildman–Crippen MR) is 73.6 cm³/mol. The van der Waals surface area contributed by atoms with Crippen molar-refractivity contribution in [2.24, 2.45) is 0 Å². The van der Waals surface area contributed by atoms with Gasteiger partial charge in [-0.15, -0.1) is 5.10 Å². The first-order chi connectivity index (χ1) is 9.20. The summed E-state index contributed by atoms with van der Waals surface area (Å²) >= 11 is 5.99. The van der Waals surface area contributed by atoms with Crippen molar-refractivity contribution in [3.8, 4) is 5.69 Å². The molecule has 0 atom stereocenters. The molecule has 0 bridgehead atoms. The molecule has 1 aromatic carbocycles. The van der Waals surface area contributed by atoms with Crippen molar-refractivity contribution in [3.05, 3.63) is 40.2 Å². The van der Waals surface area contributed by atoms with Crippen LogP contribution in [0.2, 0.25) is 5.02 Å². The normalized spacial score (nSPS) is 15.5. The Hall–Kier alpha value is -1.39. The Balaban J connectivity index is 2.11. The quantitative estimate of drug-likeness (QED) is 0.938.